The van der Waals surface area contributed by atoms with Gasteiger partial charge in [0.2, 0.25) is 5.95 Å². The van der Waals surface area contributed by atoms with Gasteiger partial charge in [0.25, 0.3) is 0 Å². The third-order valence-electron chi connectivity index (χ3n) is 3.60. The third kappa shape index (κ3) is 3.19. The number of nitrogens with two attached hydrogens (primary N) is 1. The summed E-state index contributed by atoms with van der Waals surface area (Å²) in [6, 6.07) is 2.05. The molecule has 0 aliphatic carbocycles. The van der Waals surface area contributed by atoms with E-state index in [1.807, 2.05) is 13.0 Å². The van der Waals surface area contributed by atoms with E-state index in [4.69, 9.17) is 5.73 Å². The smallest absolute Gasteiger partial charge is 0.223 e. The molecule has 0 aliphatic rings. The summed E-state index contributed by atoms with van der Waals surface area (Å²) in [5.41, 5.74) is 5.73. The molecule has 0 fully saturated rings. The normalized spacial score (nSPS) is 13.1. The minimum Gasteiger partial charge on any atom is -0.391 e. The Balaban J connectivity index is 2.17. The van der Waals surface area contributed by atoms with Crippen LogP contribution >= 0.6 is 11.3 Å². The maximum Gasteiger partial charge on any atom is 0.223 e. The zero-order valence-electron chi connectivity index (χ0n) is 12.2. The number of nitrogen functional groups attached to an aromatic ring is 1. The molecule has 6 heteroatoms. The average molecular weight is 294 g/mol. The maximum atomic E-state index is 10.2. The number of hydrogen-bond acceptors (Lipinski definition) is 6. The van der Waals surface area contributed by atoms with Crippen LogP contribution in [0.2, 0.25) is 0 Å². The predicted octanol–water partition coefficient (Wildman–Crippen LogP) is 2.79. The first kappa shape index (κ1) is 15.0. The van der Waals surface area contributed by atoms with Crippen molar-refractivity contribution in [1.82, 2.24) is 9.97 Å². The van der Waals surface area contributed by atoms with Crippen LogP contribution in [0, 0.1) is 12.8 Å². The lowest BCUT2D eigenvalue weighted by Gasteiger charge is -2.20. The second kappa shape index (κ2) is 6.37. The SMILES string of the molecule is CCC(CC)C(O)CNc1nc(N)nc2sc(C)cc12. The fourth-order valence-electron chi connectivity index (χ4n) is 2.39. The minimum atomic E-state index is -0.379. The van der Waals surface area contributed by atoms with E-state index in [1.54, 1.807) is 11.3 Å². The van der Waals surface area contributed by atoms with E-state index in [1.165, 1.54) is 4.88 Å². The van der Waals surface area contributed by atoms with Crippen molar-refractivity contribution in [3.05, 3.63) is 10.9 Å². The summed E-state index contributed by atoms with van der Waals surface area (Å²) in [6.07, 6.45) is 1.56. The number of nitrogens with zero attached hydrogens (tertiary/aromatic N) is 2. The molecule has 0 aromatic carbocycles. The number of aliphatic hydroxyl groups is 1. The van der Waals surface area contributed by atoms with Gasteiger partial charge in [-0.15, -0.1) is 11.3 Å². The molecule has 0 radical (unpaired) electrons. The molecule has 0 bridgehead atoms. The molecule has 0 spiro atoms. The van der Waals surface area contributed by atoms with Gasteiger partial charge < -0.3 is 16.2 Å². The van der Waals surface area contributed by atoms with E-state index in [-0.39, 0.29) is 12.1 Å². The number of aryl methyl sites for hydroxylation is 1. The molecule has 4 N–H and O–H groups in total. The van der Waals surface area contributed by atoms with Gasteiger partial charge in [-0.05, 0) is 18.9 Å². The first-order valence-corrected chi connectivity index (χ1v) is 7.82. The molecular formula is C14H22N4OS. The Hall–Kier alpha value is -1.40. The second-order valence-corrected chi connectivity index (χ2v) is 6.27. The van der Waals surface area contributed by atoms with Crippen LogP contribution in [0.4, 0.5) is 11.8 Å². The number of aliphatic hydroxyl groups excluding tert-OH is 1. The summed E-state index contributed by atoms with van der Waals surface area (Å²) >= 11 is 1.60. The van der Waals surface area contributed by atoms with Gasteiger partial charge in [0, 0.05) is 11.4 Å². The van der Waals surface area contributed by atoms with Crippen molar-refractivity contribution < 1.29 is 5.11 Å². The number of nitrogens with one attached hydrogen (secondary N) is 1. The summed E-state index contributed by atoms with van der Waals surface area (Å²) in [5.74, 6) is 1.28. The molecule has 1 unspecified atom stereocenters. The Bertz CT molecular complexity index is 580. The Kier molecular flexibility index (Phi) is 4.77. The summed E-state index contributed by atoms with van der Waals surface area (Å²) in [5, 5.41) is 14.4. The van der Waals surface area contributed by atoms with Crippen molar-refractivity contribution >= 4 is 33.3 Å². The fraction of sp³-hybridized carbons (Fsp3) is 0.571. The van der Waals surface area contributed by atoms with Crippen LogP contribution in [0.15, 0.2) is 6.07 Å². The Morgan fingerprint density at radius 1 is 1.35 bits per heavy atom. The highest BCUT2D eigenvalue weighted by molar-refractivity contribution is 7.18. The molecule has 0 saturated carbocycles. The highest BCUT2D eigenvalue weighted by Crippen LogP contribution is 2.29. The number of fused-ring (bicyclic) bond motifs is 1. The first-order chi connectivity index (χ1) is 9.55. The van der Waals surface area contributed by atoms with Crippen LogP contribution < -0.4 is 11.1 Å². The van der Waals surface area contributed by atoms with Crippen molar-refractivity contribution in [3.63, 3.8) is 0 Å². The lowest BCUT2D eigenvalue weighted by atomic mass is 9.96. The molecule has 0 aliphatic heterocycles. The molecule has 20 heavy (non-hydrogen) atoms. The van der Waals surface area contributed by atoms with Crippen LogP contribution in [0.3, 0.4) is 0 Å². The average Bonchev–Trinajstić information content (AvgIpc) is 2.77. The lowest BCUT2D eigenvalue weighted by molar-refractivity contribution is 0.114. The van der Waals surface area contributed by atoms with Crippen molar-refractivity contribution in [2.24, 2.45) is 5.92 Å². The molecule has 1 atom stereocenters. The zero-order chi connectivity index (χ0) is 14.7. The fourth-order valence-corrected chi connectivity index (χ4v) is 3.28. The number of anilines is 2. The van der Waals surface area contributed by atoms with Gasteiger partial charge in [0.15, 0.2) is 0 Å². The quantitative estimate of drug-likeness (QED) is 0.763. The molecule has 0 amide bonds. The molecule has 2 rings (SSSR count). The Labute approximate surface area is 123 Å². The van der Waals surface area contributed by atoms with Gasteiger partial charge >= 0.3 is 0 Å². The van der Waals surface area contributed by atoms with Crippen molar-refractivity contribution in [3.8, 4) is 0 Å². The number of rotatable bonds is 6. The third-order valence-corrected chi connectivity index (χ3v) is 4.55. The lowest BCUT2D eigenvalue weighted by Crippen LogP contribution is -2.28. The van der Waals surface area contributed by atoms with E-state index >= 15 is 0 Å². The molecule has 110 valence electrons. The van der Waals surface area contributed by atoms with Gasteiger partial charge in [-0.2, -0.15) is 4.98 Å². The summed E-state index contributed by atoms with van der Waals surface area (Å²) in [7, 11) is 0. The van der Waals surface area contributed by atoms with E-state index in [2.05, 4.69) is 29.1 Å². The summed E-state index contributed by atoms with van der Waals surface area (Å²) in [6.45, 7) is 6.71. The van der Waals surface area contributed by atoms with Crippen molar-refractivity contribution in [2.75, 3.05) is 17.6 Å². The Morgan fingerprint density at radius 3 is 2.70 bits per heavy atom. The van der Waals surface area contributed by atoms with E-state index < -0.39 is 0 Å². The number of aromatic nitrogens is 2. The first-order valence-electron chi connectivity index (χ1n) is 7.00. The van der Waals surface area contributed by atoms with Crippen LogP contribution in [0.1, 0.15) is 31.6 Å². The Morgan fingerprint density at radius 2 is 2.05 bits per heavy atom. The van der Waals surface area contributed by atoms with Crippen LogP contribution in [0.5, 0.6) is 0 Å². The van der Waals surface area contributed by atoms with E-state index in [0.717, 1.165) is 23.1 Å². The molecule has 2 aromatic heterocycles. The zero-order valence-corrected chi connectivity index (χ0v) is 13.0. The summed E-state index contributed by atoms with van der Waals surface area (Å²) < 4.78 is 0. The minimum absolute atomic E-state index is 0.263. The van der Waals surface area contributed by atoms with Gasteiger partial charge in [0.05, 0.1) is 11.5 Å². The number of hydrogen-bond donors (Lipinski definition) is 3. The molecule has 5 nitrogen and oxygen atoms in total. The van der Waals surface area contributed by atoms with Gasteiger partial charge in [-0.25, -0.2) is 4.98 Å². The van der Waals surface area contributed by atoms with Crippen molar-refractivity contribution in [2.45, 2.75) is 39.7 Å². The molecule has 2 heterocycles. The standard InChI is InChI=1S/C14H22N4OS/c1-4-9(5-2)11(19)7-16-12-10-6-8(3)20-13(10)18-14(15)17-12/h6,9,11,19H,4-5,7H2,1-3H3,(H3,15,16,17,18). The monoisotopic (exact) mass is 294 g/mol. The molecule has 2 aromatic rings. The van der Waals surface area contributed by atoms with E-state index in [9.17, 15) is 5.11 Å². The predicted molar refractivity (Wildman–Crippen MR) is 85.1 cm³/mol. The van der Waals surface area contributed by atoms with Gasteiger partial charge in [-0.1, -0.05) is 26.7 Å². The highest BCUT2D eigenvalue weighted by Gasteiger charge is 2.16. The topological polar surface area (TPSA) is 84.1 Å². The second-order valence-electron chi connectivity index (χ2n) is 5.03. The van der Waals surface area contributed by atoms with Crippen LogP contribution in [-0.2, 0) is 0 Å². The maximum absolute atomic E-state index is 10.2. The van der Waals surface area contributed by atoms with Crippen LogP contribution in [0.25, 0.3) is 10.2 Å². The van der Waals surface area contributed by atoms with Gasteiger partial charge in [0.1, 0.15) is 10.6 Å². The summed E-state index contributed by atoms with van der Waals surface area (Å²) in [4.78, 5) is 10.5. The largest absolute Gasteiger partial charge is 0.391 e. The number of thiophene rings is 1. The van der Waals surface area contributed by atoms with E-state index in [0.29, 0.717) is 18.3 Å². The van der Waals surface area contributed by atoms with Gasteiger partial charge in [-0.3, -0.25) is 0 Å². The molecule has 0 saturated heterocycles. The van der Waals surface area contributed by atoms with Crippen LogP contribution in [-0.4, -0.2) is 27.7 Å². The highest BCUT2D eigenvalue weighted by atomic mass is 32.1. The van der Waals surface area contributed by atoms with Crippen molar-refractivity contribution in [1.29, 1.82) is 0 Å². The molecular weight excluding hydrogens is 272 g/mol.